The summed E-state index contributed by atoms with van der Waals surface area (Å²) in [6.07, 6.45) is 4.62. The highest BCUT2D eigenvalue weighted by Gasteiger charge is 2.28. The molecule has 0 atom stereocenters. The van der Waals surface area contributed by atoms with E-state index in [1.165, 1.54) is 10.6 Å². The Morgan fingerprint density at radius 1 is 1.10 bits per heavy atom. The number of nitrogens with zero attached hydrogens (tertiary/aromatic N) is 5. The van der Waals surface area contributed by atoms with E-state index in [1.807, 2.05) is 43.3 Å². The SMILES string of the molecule is Cc1ccc2ncc(C(=O)N3CCC(c4nc(-c5ccccc5)n[nH]4)CC3)c(=O)n2c1. The van der Waals surface area contributed by atoms with Crippen LogP contribution in [0, 0.1) is 6.92 Å². The molecule has 1 fully saturated rings. The highest BCUT2D eigenvalue weighted by atomic mass is 16.2. The zero-order valence-corrected chi connectivity index (χ0v) is 17.2. The number of fused-ring (bicyclic) bond motifs is 1. The Balaban J connectivity index is 1.30. The highest BCUT2D eigenvalue weighted by molar-refractivity contribution is 5.93. The van der Waals surface area contributed by atoms with Gasteiger partial charge in [0.05, 0.1) is 0 Å². The molecule has 1 amide bonds. The van der Waals surface area contributed by atoms with E-state index in [9.17, 15) is 9.59 Å². The van der Waals surface area contributed by atoms with Crippen molar-refractivity contribution in [2.45, 2.75) is 25.7 Å². The molecule has 1 aromatic carbocycles. The second kappa shape index (κ2) is 7.79. The van der Waals surface area contributed by atoms with Gasteiger partial charge in [-0.15, -0.1) is 0 Å². The van der Waals surface area contributed by atoms with Crippen molar-refractivity contribution < 1.29 is 4.79 Å². The van der Waals surface area contributed by atoms with E-state index < -0.39 is 0 Å². The summed E-state index contributed by atoms with van der Waals surface area (Å²) in [7, 11) is 0. The second-order valence-electron chi connectivity index (χ2n) is 7.89. The summed E-state index contributed by atoms with van der Waals surface area (Å²) in [5.74, 6) is 1.45. The van der Waals surface area contributed by atoms with Crippen LogP contribution in [0.2, 0.25) is 0 Å². The molecule has 8 nitrogen and oxygen atoms in total. The first-order chi connectivity index (χ1) is 15.1. The Hall–Kier alpha value is -3.81. The molecule has 1 saturated heterocycles. The van der Waals surface area contributed by atoms with Gasteiger partial charge in [0.15, 0.2) is 5.82 Å². The molecule has 0 unspecified atom stereocenters. The average Bonchev–Trinajstić information content (AvgIpc) is 3.30. The number of aromatic nitrogens is 5. The number of nitrogens with one attached hydrogen (secondary N) is 1. The minimum atomic E-state index is -0.330. The van der Waals surface area contributed by atoms with Crippen LogP contribution in [-0.2, 0) is 0 Å². The van der Waals surface area contributed by atoms with Crippen LogP contribution < -0.4 is 5.56 Å². The van der Waals surface area contributed by atoms with Gasteiger partial charge >= 0.3 is 0 Å². The van der Waals surface area contributed by atoms with Gasteiger partial charge in [-0.25, -0.2) is 9.97 Å². The number of pyridine rings is 1. The van der Waals surface area contributed by atoms with Gasteiger partial charge in [-0.1, -0.05) is 36.4 Å². The van der Waals surface area contributed by atoms with Crippen molar-refractivity contribution in [3.63, 3.8) is 0 Å². The maximum Gasteiger partial charge on any atom is 0.270 e. The van der Waals surface area contributed by atoms with E-state index >= 15 is 0 Å². The molecule has 1 aliphatic heterocycles. The summed E-state index contributed by atoms with van der Waals surface area (Å²) in [5.41, 5.74) is 2.21. The number of benzene rings is 1. The third-order valence-electron chi connectivity index (χ3n) is 5.78. The largest absolute Gasteiger partial charge is 0.338 e. The summed E-state index contributed by atoms with van der Waals surface area (Å²) in [4.78, 5) is 36.5. The molecule has 4 heterocycles. The standard InChI is InChI=1S/C23H22N6O2/c1-15-7-8-19-24-13-18(23(31)29(19)14-15)22(30)28-11-9-17(10-12-28)21-25-20(26-27-21)16-5-3-2-4-6-16/h2-8,13-14,17H,9-12H2,1H3,(H,25,26,27). The van der Waals surface area contributed by atoms with E-state index in [0.717, 1.165) is 29.8 Å². The molecular weight excluding hydrogens is 392 g/mol. The number of rotatable bonds is 3. The number of hydrogen-bond acceptors (Lipinski definition) is 5. The molecule has 31 heavy (non-hydrogen) atoms. The fourth-order valence-electron chi connectivity index (χ4n) is 4.03. The highest BCUT2D eigenvalue weighted by Crippen LogP contribution is 2.27. The maximum absolute atomic E-state index is 13.0. The van der Waals surface area contributed by atoms with E-state index in [0.29, 0.717) is 24.6 Å². The van der Waals surface area contributed by atoms with Gasteiger partial charge in [-0.05, 0) is 31.4 Å². The lowest BCUT2D eigenvalue weighted by Gasteiger charge is -2.30. The van der Waals surface area contributed by atoms with Crippen LogP contribution in [-0.4, -0.2) is 48.5 Å². The quantitative estimate of drug-likeness (QED) is 0.556. The lowest BCUT2D eigenvalue weighted by molar-refractivity contribution is 0.0708. The predicted octanol–water partition coefficient (Wildman–Crippen LogP) is 2.81. The Kier molecular flexibility index (Phi) is 4.82. The molecule has 4 aromatic rings. The Morgan fingerprint density at radius 2 is 1.87 bits per heavy atom. The first-order valence-corrected chi connectivity index (χ1v) is 10.3. The van der Waals surface area contributed by atoms with Crippen molar-refractivity contribution in [3.8, 4) is 11.4 Å². The summed E-state index contributed by atoms with van der Waals surface area (Å²) in [6, 6.07) is 13.5. The average molecular weight is 414 g/mol. The topological polar surface area (TPSA) is 96.2 Å². The monoisotopic (exact) mass is 414 g/mol. The first-order valence-electron chi connectivity index (χ1n) is 10.3. The van der Waals surface area contributed by atoms with Gasteiger partial charge in [0, 0.05) is 37.0 Å². The number of aryl methyl sites for hydroxylation is 1. The zero-order chi connectivity index (χ0) is 21.4. The number of carbonyl (C=O) groups is 1. The minimum Gasteiger partial charge on any atom is -0.338 e. The number of amides is 1. The van der Waals surface area contributed by atoms with Crippen molar-refractivity contribution in [2.24, 2.45) is 0 Å². The summed E-state index contributed by atoms with van der Waals surface area (Å²) < 4.78 is 1.44. The normalized spacial score (nSPS) is 14.8. The van der Waals surface area contributed by atoms with Crippen LogP contribution >= 0.6 is 0 Å². The van der Waals surface area contributed by atoms with Gasteiger partial charge < -0.3 is 4.90 Å². The fraction of sp³-hybridized carbons (Fsp3) is 0.261. The lowest BCUT2D eigenvalue weighted by Crippen LogP contribution is -2.40. The van der Waals surface area contributed by atoms with Crippen molar-refractivity contribution in [3.05, 3.63) is 82.2 Å². The number of carbonyl (C=O) groups excluding carboxylic acids is 1. The third-order valence-corrected chi connectivity index (χ3v) is 5.78. The molecule has 0 radical (unpaired) electrons. The first kappa shape index (κ1) is 19.2. The second-order valence-corrected chi connectivity index (χ2v) is 7.89. The van der Waals surface area contributed by atoms with Crippen LogP contribution in [0.15, 0.2) is 59.7 Å². The third kappa shape index (κ3) is 3.61. The van der Waals surface area contributed by atoms with E-state index in [4.69, 9.17) is 0 Å². The van der Waals surface area contributed by atoms with Gasteiger partial charge in [-0.2, -0.15) is 5.10 Å². The van der Waals surface area contributed by atoms with E-state index in [1.54, 1.807) is 17.2 Å². The van der Waals surface area contributed by atoms with Crippen molar-refractivity contribution in [1.82, 2.24) is 29.5 Å². The number of H-pyrrole nitrogens is 1. The van der Waals surface area contributed by atoms with Gasteiger partial charge in [0.2, 0.25) is 0 Å². The lowest BCUT2D eigenvalue weighted by atomic mass is 9.96. The Labute approximate surface area is 178 Å². The molecule has 8 heteroatoms. The molecule has 0 saturated carbocycles. The van der Waals surface area contributed by atoms with Crippen LogP contribution in [0.3, 0.4) is 0 Å². The fourth-order valence-corrected chi connectivity index (χ4v) is 4.03. The Bertz CT molecular complexity index is 1300. The molecular formula is C23H22N6O2. The molecule has 1 aliphatic rings. The molecule has 1 N–H and O–H groups in total. The maximum atomic E-state index is 13.0. The molecule has 0 aliphatic carbocycles. The van der Waals surface area contributed by atoms with Gasteiger partial charge in [0.1, 0.15) is 17.0 Å². The number of likely N-dealkylation sites (tertiary alicyclic amines) is 1. The van der Waals surface area contributed by atoms with Crippen molar-refractivity contribution in [1.29, 1.82) is 0 Å². The van der Waals surface area contributed by atoms with Crippen LogP contribution in [0.1, 0.15) is 40.5 Å². The van der Waals surface area contributed by atoms with E-state index in [2.05, 4.69) is 20.2 Å². The predicted molar refractivity (Wildman–Crippen MR) is 116 cm³/mol. The van der Waals surface area contributed by atoms with Crippen LogP contribution in [0.5, 0.6) is 0 Å². The molecule has 3 aromatic heterocycles. The van der Waals surface area contributed by atoms with Gasteiger partial charge in [-0.3, -0.25) is 19.1 Å². The summed E-state index contributed by atoms with van der Waals surface area (Å²) in [6.45, 7) is 3.01. The number of aromatic amines is 1. The Morgan fingerprint density at radius 3 is 2.65 bits per heavy atom. The smallest absolute Gasteiger partial charge is 0.270 e. The molecule has 0 spiro atoms. The number of hydrogen-bond donors (Lipinski definition) is 1. The van der Waals surface area contributed by atoms with Crippen LogP contribution in [0.4, 0.5) is 0 Å². The molecule has 0 bridgehead atoms. The van der Waals surface area contributed by atoms with Crippen molar-refractivity contribution >= 4 is 11.6 Å². The number of piperidine rings is 1. The van der Waals surface area contributed by atoms with E-state index in [-0.39, 0.29) is 22.9 Å². The summed E-state index contributed by atoms with van der Waals surface area (Å²) in [5, 5.41) is 7.40. The summed E-state index contributed by atoms with van der Waals surface area (Å²) >= 11 is 0. The zero-order valence-electron chi connectivity index (χ0n) is 17.2. The molecule has 156 valence electrons. The van der Waals surface area contributed by atoms with Crippen molar-refractivity contribution in [2.75, 3.05) is 13.1 Å². The van der Waals surface area contributed by atoms with Crippen LogP contribution in [0.25, 0.3) is 17.0 Å². The van der Waals surface area contributed by atoms with Gasteiger partial charge in [0.25, 0.3) is 11.5 Å². The minimum absolute atomic E-state index is 0.104. The molecule has 5 rings (SSSR count).